The Hall–Kier alpha value is -8.20. The fourth-order valence-corrected chi connectivity index (χ4v) is 9.57. The van der Waals surface area contributed by atoms with Gasteiger partial charge in [-0.2, -0.15) is 0 Å². The molecule has 0 amide bonds. The summed E-state index contributed by atoms with van der Waals surface area (Å²) in [4.78, 5) is 0. The Morgan fingerprint density at radius 2 is 0.661 bits per heavy atom. The largest absolute Gasteiger partial charge is 0.309 e. The predicted molar refractivity (Wildman–Crippen MR) is 262 cm³/mol. The standard InChI is InChI=1S/C60H40N2/c1-5-16-41(17-6-1)44-28-32-50(33-29-44)61-58-35-31-48(38-55(58)60-53(45-22-11-4-12-23-45)39-49(40-59(60)61)43-20-9-3-10-21-43)47-30-34-57-54(37-47)52-26-13-14-27-56(52)62(57)51-25-15-24-46(36-51)42-18-7-2-8-19-42/h1-40H. The number of rotatable bonds is 7. The van der Waals surface area contributed by atoms with E-state index in [-0.39, 0.29) is 0 Å². The zero-order valence-corrected chi connectivity index (χ0v) is 34.0. The van der Waals surface area contributed by atoms with E-state index in [4.69, 9.17) is 0 Å². The van der Waals surface area contributed by atoms with E-state index in [9.17, 15) is 0 Å². The van der Waals surface area contributed by atoms with Crippen LogP contribution < -0.4 is 0 Å². The van der Waals surface area contributed by atoms with Crippen LogP contribution in [0.25, 0.3) is 111 Å². The molecule has 62 heavy (non-hydrogen) atoms. The normalized spacial score (nSPS) is 11.5. The zero-order chi connectivity index (χ0) is 41.0. The second-order valence-corrected chi connectivity index (χ2v) is 16.1. The minimum Gasteiger partial charge on any atom is -0.309 e. The van der Waals surface area contributed by atoms with Gasteiger partial charge in [-0.15, -0.1) is 0 Å². The van der Waals surface area contributed by atoms with Gasteiger partial charge in [0.15, 0.2) is 0 Å². The molecule has 0 aliphatic carbocycles. The minimum atomic E-state index is 1.13. The molecule has 2 nitrogen and oxygen atoms in total. The maximum atomic E-state index is 2.46. The third-order valence-corrected chi connectivity index (χ3v) is 12.5. The van der Waals surface area contributed by atoms with Crippen molar-refractivity contribution in [3.05, 3.63) is 243 Å². The monoisotopic (exact) mass is 788 g/mol. The van der Waals surface area contributed by atoms with Gasteiger partial charge < -0.3 is 9.13 Å². The van der Waals surface area contributed by atoms with E-state index < -0.39 is 0 Å². The van der Waals surface area contributed by atoms with Crippen molar-refractivity contribution in [2.24, 2.45) is 0 Å². The topological polar surface area (TPSA) is 9.86 Å². The van der Waals surface area contributed by atoms with Crippen LogP contribution in [0.3, 0.4) is 0 Å². The fourth-order valence-electron chi connectivity index (χ4n) is 9.57. The van der Waals surface area contributed by atoms with Crippen molar-refractivity contribution < 1.29 is 0 Å². The molecule has 12 aromatic rings. The average Bonchev–Trinajstić information content (AvgIpc) is 3.87. The van der Waals surface area contributed by atoms with Crippen molar-refractivity contribution >= 4 is 43.6 Å². The molecule has 0 fully saturated rings. The van der Waals surface area contributed by atoms with Crippen LogP contribution in [0.5, 0.6) is 0 Å². The summed E-state index contributed by atoms with van der Waals surface area (Å²) < 4.78 is 4.87. The van der Waals surface area contributed by atoms with Gasteiger partial charge in [-0.05, 0) is 122 Å². The van der Waals surface area contributed by atoms with E-state index in [2.05, 4.69) is 252 Å². The molecular weight excluding hydrogens is 749 g/mol. The second kappa shape index (κ2) is 14.8. The van der Waals surface area contributed by atoms with Gasteiger partial charge in [0.1, 0.15) is 0 Å². The third-order valence-electron chi connectivity index (χ3n) is 12.5. The van der Waals surface area contributed by atoms with Gasteiger partial charge in [0.25, 0.3) is 0 Å². The Morgan fingerprint density at radius 3 is 1.32 bits per heavy atom. The van der Waals surface area contributed by atoms with Crippen molar-refractivity contribution in [1.29, 1.82) is 0 Å². The Kier molecular flexibility index (Phi) is 8.53. The SMILES string of the molecule is c1ccc(-c2ccc(-n3c4ccc(-c5ccc6c(c5)c5ccccc5n6-c5cccc(-c6ccccc6)c5)cc4c4c(-c5ccccc5)cc(-c5ccccc5)cc43)cc2)cc1. The molecule has 0 unspecified atom stereocenters. The second-order valence-electron chi connectivity index (χ2n) is 16.1. The quantitative estimate of drug-likeness (QED) is 0.152. The maximum absolute atomic E-state index is 2.46. The predicted octanol–water partition coefficient (Wildman–Crippen LogP) is 16.2. The van der Waals surface area contributed by atoms with Gasteiger partial charge in [0.05, 0.1) is 22.1 Å². The highest BCUT2D eigenvalue weighted by atomic mass is 15.0. The smallest absolute Gasteiger partial charge is 0.0553 e. The van der Waals surface area contributed by atoms with Crippen LogP contribution in [0.4, 0.5) is 0 Å². The molecular formula is C60H40N2. The highest BCUT2D eigenvalue weighted by molar-refractivity contribution is 6.18. The van der Waals surface area contributed by atoms with E-state index in [1.165, 1.54) is 99.2 Å². The first-order valence-corrected chi connectivity index (χ1v) is 21.3. The molecule has 12 rings (SSSR count). The zero-order valence-electron chi connectivity index (χ0n) is 34.0. The van der Waals surface area contributed by atoms with Crippen LogP contribution in [-0.4, -0.2) is 9.13 Å². The van der Waals surface area contributed by atoms with E-state index in [1.807, 2.05) is 0 Å². The van der Waals surface area contributed by atoms with Crippen LogP contribution in [0.2, 0.25) is 0 Å². The van der Waals surface area contributed by atoms with E-state index >= 15 is 0 Å². The Labute approximate surface area is 360 Å². The summed E-state index contributed by atoms with van der Waals surface area (Å²) in [5, 5.41) is 4.95. The summed E-state index contributed by atoms with van der Waals surface area (Å²) in [5.74, 6) is 0. The Balaban J connectivity index is 1.07. The molecule has 0 bridgehead atoms. The van der Waals surface area contributed by atoms with Gasteiger partial charge in [0.2, 0.25) is 0 Å². The molecule has 2 aromatic heterocycles. The molecule has 0 atom stereocenters. The van der Waals surface area contributed by atoms with E-state index in [0.717, 1.165) is 11.4 Å². The lowest BCUT2D eigenvalue weighted by Crippen LogP contribution is -1.95. The van der Waals surface area contributed by atoms with Crippen LogP contribution in [0.1, 0.15) is 0 Å². The molecule has 10 aromatic carbocycles. The molecule has 0 aliphatic heterocycles. The summed E-state index contributed by atoms with van der Waals surface area (Å²) in [7, 11) is 0. The molecule has 0 N–H and O–H groups in total. The van der Waals surface area contributed by atoms with Gasteiger partial charge in [-0.3, -0.25) is 0 Å². The van der Waals surface area contributed by atoms with Gasteiger partial charge in [-0.1, -0.05) is 176 Å². The average molecular weight is 789 g/mol. The van der Waals surface area contributed by atoms with Gasteiger partial charge in [-0.25, -0.2) is 0 Å². The molecule has 0 spiro atoms. The van der Waals surface area contributed by atoms with Crippen LogP contribution in [-0.2, 0) is 0 Å². The highest BCUT2D eigenvalue weighted by Gasteiger charge is 2.20. The molecule has 0 radical (unpaired) electrons. The van der Waals surface area contributed by atoms with Gasteiger partial charge in [0, 0.05) is 32.9 Å². The number of hydrogen-bond donors (Lipinski definition) is 0. The Bertz CT molecular complexity index is 3580. The van der Waals surface area contributed by atoms with Gasteiger partial charge >= 0.3 is 0 Å². The van der Waals surface area contributed by atoms with Crippen LogP contribution in [0.15, 0.2) is 243 Å². The van der Waals surface area contributed by atoms with Crippen molar-refractivity contribution in [2.45, 2.75) is 0 Å². The first kappa shape index (κ1) is 35.7. The summed E-state index contributed by atoms with van der Waals surface area (Å²) in [5.41, 5.74) is 19.1. The molecule has 0 saturated heterocycles. The molecule has 2 heterocycles. The number of hydrogen-bond acceptors (Lipinski definition) is 0. The summed E-state index contributed by atoms with van der Waals surface area (Å²) in [6.45, 7) is 0. The van der Waals surface area contributed by atoms with Crippen molar-refractivity contribution in [2.75, 3.05) is 0 Å². The summed E-state index contributed by atoms with van der Waals surface area (Å²) in [6, 6.07) is 88.5. The number of benzene rings is 10. The maximum Gasteiger partial charge on any atom is 0.0553 e. The minimum absolute atomic E-state index is 1.13. The molecule has 0 saturated carbocycles. The lowest BCUT2D eigenvalue weighted by molar-refractivity contribution is 1.18. The van der Waals surface area contributed by atoms with E-state index in [0.29, 0.717) is 0 Å². The van der Waals surface area contributed by atoms with Crippen LogP contribution in [0, 0.1) is 0 Å². The summed E-state index contributed by atoms with van der Waals surface area (Å²) >= 11 is 0. The summed E-state index contributed by atoms with van der Waals surface area (Å²) in [6.07, 6.45) is 0. The third kappa shape index (κ3) is 6.04. The van der Waals surface area contributed by atoms with Crippen molar-refractivity contribution in [1.82, 2.24) is 9.13 Å². The number of aromatic nitrogens is 2. The molecule has 0 aliphatic rings. The first-order chi connectivity index (χ1) is 30.7. The number of fused-ring (bicyclic) bond motifs is 6. The highest BCUT2D eigenvalue weighted by Crippen LogP contribution is 2.44. The van der Waals surface area contributed by atoms with Crippen LogP contribution >= 0.6 is 0 Å². The number of para-hydroxylation sites is 1. The fraction of sp³-hybridized carbons (Fsp3) is 0. The van der Waals surface area contributed by atoms with Crippen molar-refractivity contribution in [3.63, 3.8) is 0 Å². The molecule has 2 heteroatoms. The lowest BCUT2D eigenvalue weighted by atomic mass is 9.93. The first-order valence-electron chi connectivity index (χ1n) is 21.3. The van der Waals surface area contributed by atoms with Crippen molar-refractivity contribution in [3.8, 4) is 67.0 Å². The Morgan fingerprint density at radius 1 is 0.210 bits per heavy atom. The molecule has 290 valence electrons. The van der Waals surface area contributed by atoms with E-state index in [1.54, 1.807) is 0 Å². The number of nitrogens with zero attached hydrogens (tertiary/aromatic N) is 2. The lowest BCUT2D eigenvalue weighted by Gasteiger charge is -2.13.